The number of nitrogens with one attached hydrogen (secondary N) is 1. The van der Waals surface area contributed by atoms with Crippen molar-refractivity contribution in [3.63, 3.8) is 0 Å². The highest BCUT2D eigenvalue weighted by Gasteiger charge is 2.45. The Balaban J connectivity index is 2.12. The molecule has 2 rings (SSSR count). The van der Waals surface area contributed by atoms with E-state index < -0.39 is 43.2 Å². The topological polar surface area (TPSA) is 108 Å². The molecule has 4 N–H and O–H groups in total. The molecule has 1 aliphatic heterocycles. The van der Waals surface area contributed by atoms with Gasteiger partial charge in [-0.2, -0.15) is 0 Å². The maximum Gasteiger partial charge on any atom is 0.251 e. The molecule has 1 aliphatic rings. The van der Waals surface area contributed by atoms with Crippen molar-refractivity contribution in [1.29, 1.82) is 0 Å². The number of amides is 1. The zero-order valence-electron chi connectivity index (χ0n) is 11.5. The highest BCUT2D eigenvalue weighted by Crippen LogP contribution is 2.22. The smallest absolute Gasteiger partial charge is 0.251 e. The summed E-state index contributed by atoms with van der Waals surface area (Å²) in [6.07, 6.45) is -4.40. The van der Waals surface area contributed by atoms with E-state index in [1.54, 1.807) is 30.3 Å². The average Bonchev–Trinajstić information content (AvgIpc) is 2.51. The maximum absolute atomic E-state index is 12.1. The van der Waals surface area contributed by atoms with Crippen LogP contribution in [0.1, 0.15) is 10.4 Å². The number of aliphatic hydroxyl groups is 3. The van der Waals surface area contributed by atoms with Crippen LogP contribution in [0.4, 0.5) is 0 Å². The molecule has 1 saturated heterocycles. The van der Waals surface area contributed by atoms with Gasteiger partial charge in [-0.15, -0.1) is 0 Å². The van der Waals surface area contributed by atoms with Crippen molar-refractivity contribution in [3.8, 4) is 0 Å². The van der Waals surface area contributed by atoms with E-state index in [-0.39, 0.29) is 0 Å². The Labute approximate surface area is 122 Å². The van der Waals surface area contributed by atoms with Gasteiger partial charge in [-0.1, -0.05) is 18.2 Å². The number of ether oxygens (including phenoxy) is 2. The molecule has 1 amide bonds. The summed E-state index contributed by atoms with van der Waals surface area (Å²) in [6.45, 7) is -0.461. The minimum atomic E-state index is -1.39. The monoisotopic (exact) mass is 297 g/mol. The first-order valence-electron chi connectivity index (χ1n) is 6.59. The second-order valence-corrected chi connectivity index (χ2v) is 4.80. The van der Waals surface area contributed by atoms with Gasteiger partial charge in [0.25, 0.3) is 5.91 Å². The summed E-state index contributed by atoms with van der Waals surface area (Å²) in [5.74, 6) is -0.417. The summed E-state index contributed by atoms with van der Waals surface area (Å²) in [5.41, 5.74) is 0.415. The number of carbonyl (C=O) groups is 1. The fourth-order valence-electron chi connectivity index (χ4n) is 2.35. The van der Waals surface area contributed by atoms with Gasteiger partial charge in [0, 0.05) is 12.7 Å². The molecule has 1 fully saturated rings. The van der Waals surface area contributed by atoms with Crippen LogP contribution in [0, 0.1) is 0 Å². The number of rotatable bonds is 4. The van der Waals surface area contributed by atoms with Crippen molar-refractivity contribution in [2.75, 3.05) is 13.7 Å². The van der Waals surface area contributed by atoms with E-state index in [0.717, 1.165) is 0 Å². The number of hydrogen-bond acceptors (Lipinski definition) is 6. The van der Waals surface area contributed by atoms with E-state index in [4.69, 9.17) is 14.6 Å². The van der Waals surface area contributed by atoms with E-state index in [2.05, 4.69) is 5.32 Å². The fraction of sp³-hybridized carbons (Fsp3) is 0.500. The molecule has 0 spiro atoms. The van der Waals surface area contributed by atoms with Crippen molar-refractivity contribution in [2.24, 2.45) is 0 Å². The molecule has 0 radical (unpaired) electrons. The first kappa shape index (κ1) is 15.9. The van der Waals surface area contributed by atoms with Gasteiger partial charge in [0.15, 0.2) is 6.29 Å². The minimum absolute atomic E-state index is 0.415. The third-order valence-electron chi connectivity index (χ3n) is 3.48. The van der Waals surface area contributed by atoms with Crippen LogP contribution in [0.25, 0.3) is 0 Å². The lowest BCUT2D eigenvalue weighted by Crippen LogP contribution is -2.64. The van der Waals surface area contributed by atoms with Crippen molar-refractivity contribution in [1.82, 2.24) is 5.32 Å². The average molecular weight is 297 g/mol. The van der Waals surface area contributed by atoms with Crippen LogP contribution in [0.2, 0.25) is 0 Å². The number of carbonyl (C=O) groups excluding carboxylic acids is 1. The third kappa shape index (κ3) is 3.39. The van der Waals surface area contributed by atoms with Gasteiger partial charge < -0.3 is 30.1 Å². The lowest BCUT2D eigenvalue weighted by Gasteiger charge is -2.41. The SMILES string of the molecule is CO[C@H]1[C@@H](O)[C@@H](CO)O[C@@H](O)[C@H]1NC(=O)c1ccccc1. The maximum atomic E-state index is 12.1. The number of methoxy groups -OCH3 is 1. The molecule has 0 unspecified atom stereocenters. The van der Waals surface area contributed by atoms with Crippen LogP contribution in [0.3, 0.4) is 0 Å². The first-order valence-corrected chi connectivity index (χ1v) is 6.59. The van der Waals surface area contributed by atoms with Crippen LogP contribution in [-0.2, 0) is 9.47 Å². The Morgan fingerprint density at radius 1 is 1.33 bits per heavy atom. The zero-order chi connectivity index (χ0) is 15.4. The summed E-state index contributed by atoms with van der Waals surface area (Å²) in [5, 5.41) is 31.7. The predicted molar refractivity (Wildman–Crippen MR) is 72.5 cm³/mol. The standard InChI is InChI=1S/C14H19NO6/c1-20-12-10(14(19)21-9(7-16)11(12)17)15-13(18)8-5-3-2-4-6-8/h2-6,9-12,14,16-17,19H,7H2,1H3,(H,15,18)/t9-,10+,11+,12-,14-/m1/s1. The minimum Gasteiger partial charge on any atom is -0.394 e. The quantitative estimate of drug-likeness (QED) is 0.560. The lowest BCUT2D eigenvalue weighted by atomic mass is 9.96. The Kier molecular flexibility index (Phi) is 5.27. The molecule has 0 saturated carbocycles. The molecule has 1 aromatic carbocycles. The molecule has 7 heteroatoms. The molecule has 7 nitrogen and oxygen atoms in total. The molecule has 21 heavy (non-hydrogen) atoms. The van der Waals surface area contributed by atoms with Gasteiger partial charge >= 0.3 is 0 Å². The molecule has 0 bridgehead atoms. The fourth-order valence-corrected chi connectivity index (χ4v) is 2.35. The van der Waals surface area contributed by atoms with Crippen molar-refractivity contribution in [3.05, 3.63) is 35.9 Å². The number of aliphatic hydroxyl groups excluding tert-OH is 3. The van der Waals surface area contributed by atoms with Crippen LogP contribution >= 0.6 is 0 Å². The van der Waals surface area contributed by atoms with Gasteiger partial charge in [0.1, 0.15) is 24.4 Å². The molecule has 0 aromatic heterocycles. The number of hydrogen-bond donors (Lipinski definition) is 4. The summed E-state index contributed by atoms with van der Waals surface area (Å²) >= 11 is 0. The predicted octanol–water partition coefficient (Wildman–Crippen LogP) is -1.13. The largest absolute Gasteiger partial charge is 0.394 e. The summed E-state index contributed by atoms with van der Waals surface area (Å²) in [4.78, 5) is 12.1. The molecule has 0 aliphatic carbocycles. The molecular weight excluding hydrogens is 278 g/mol. The van der Waals surface area contributed by atoms with E-state index in [9.17, 15) is 15.0 Å². The lowest BCUT2D eigenvalue weighted by molar-refractivity contribution is -0.257. The van der Waals surface area contributed by atoms with E-state index in [0.29, 0.717) is 5.56 Å². The highest BCUT2D eigenvalue weighted by atomic mass is 16.6. The second-order valence-electron chi connectivity index (χ2n) is 4.80. The first-order chi connectivity index (χ1) is 10.1. The van der Waals surface area contributed by atoms with E-state index >= 15 is 0 Å². The Hall–Kier alpha value is -1.51. The molecule has 5 atom stereocenters. The summed E-state index contributed by atoms with van der Waals surface area (Å²) < 4.78 is 10.2. The second kappa shape index (κ2) is 6.97. The molecular formula is C14H19NO6. The number of benzene rings is 1. The van der Waals surface area contributed by atoms with E-state index in [1.165, 1.54) is 7.11 Å². The van der Waals surface area contributed by atoms with Gasteiger partial charge in [-0.3, -0.25) is 4.79 Å². The normalized spacial score (nSPS) is 32.7. The van der Waals surface area contributed by atoms with E-state index in [1.807, 2.05) is 0 Å². The summed E-state index contributed by atoms with van der Waals surface area (Å²) in [6, 6.07) is 7.52. The Morgan fingerprint density at radius 3 is 2.57 bits per heavy atom. The molecule has 1 heterocycles. The van der Waals surface area contributed by atoms with Gasteiger partial charge in [0.2, 0.25) is 0 Å². The van der Waals surface area contributed by atoms with Crippen LogP contribution in [0.15, 0.2) is 30.3 Å². The van der Waals surface area contributed by atoms with Gasteiger partial charge in [0.05, 0.1) is 6.61 Å². The Bertz CT molecular complexity index is 468. The van der Waals surface area contributed by atoms with Crippen LogP contribution in [-0.4, -0.2) is 65.6 Å². The Morgan fingerprint density at radius 2 is 2.00 bits per heavy atom. The van der Waals surface area contributed by atoms with Crippen LogP contribution in [0.5, 0.6) is 0 Å². The van der Waals surface area contributed by atoms with Crippen molar-refractivity contribution in [2.45, 2.75) is 30.6 Å². The van der Waals surface area contributed by atoms with Crippen molar-refractivity contribution < 1.29 is 29.6 Å². The molecule has 1 aromatic rings. The molecule has 116 valence electrons. The van der Waals surface area contributed by atoms with Gasteiger partial charge in [-0.05, 0) is 12.1 Å². The van der Waals surface area contributed by atoms with Gasteiger partial charge in [-0.25, -0.2) is 0 Å². The third-order valence-corrected chi connectivity index (χ3v) is 3.48. The highest BCUT2D eigenvalue weighted by molar-refractivity contribution is 5.94. The summed E-state index contributed by atoms with van der Waals surface area (Å²) in [7, 11) is 1.35. The zero-order valence-corrected chi connectivity index (χ0v) is 11.5. The van der Waals surface area contributed by atoms with Crippen molar-refractivity contribution >= 4 is 5.91 Å². The van der Waals surface area contributed by atoms with Crippen LogP contribution < -0.4 is 5.32 Å².